The normalized spacial score (nSPS) is 14.5. The Hall–Kier alpha value is -2.84. The number of nitrogen functional groups attached to an aromatic ring is 1. The summed E-state index contributed by atoms with van der Waals surface area (Å²) < 4.78 is 6.79. The van der Waals surface area contributed by atoms with E-state index in [1.54, 1.807) is 12.1 Å². The molecule has 4 rings (SSSR count). The molecule has 0 unspecified atom stereocenters. The molecule has 162 valence electrons. The maximum Gasteiger partial charge on any atom is 0.292 e. The highest BCUT2D eigenvalue weighted by atomic mass is 79.9. The first-order valence-corrected chi connectivity index (χ1v) is 10.8. The molecule has 0 saturated carbocycles. The van der Waals surface area contributed by atoms with Crippen LogP contribution in [0.2, 0.25) is 0 Å². The Morgan fingerprint density at radius 3 is 2.65 bits per heavy atom. The number of benzene rings is 1. The molecule has 2 aromatic heterocycles. The van der Waals surface area contributed by atoms with Crippen molar-refractivity contribution in [2.24, 2.45) is 5.10 Å². The molecule has 1 aliphatic heterocycles. The van der Waals surface area contributed by atoms with Gasteiger partial charge in [-0.2, -0.15) is 9.78 Å². The van der Waals surface area contributed by atoms with Crippen LogP contribution in [0.4, 0.5) is 5.82 Å². The van der Waals surface area contributed by atoms with E-state index in [9.17, 15) is 9.90 Å². The SMILES string of the molecule is Nc1nonc1-n1nnc(CN2CCCC2)c1C(=O)NN=Cc1cc(Br)c(O)c(Br)c1. The lowest BCUT2D eigenvalue weighted by atomic mass is 10.2. The highest BCUT2D eigenvalue weighted by Crippen LogP contribution is 2.32. The van der Waals surface area contributed by atoms with Crippen LogP contribution in [0.1, 0.15) is 34.6 Å². The summed E-state index contributed by atoms with van der Waals surface area (Å²) in [5.74, 6) is -0.425. The lowest BCUT2D eigenvalue weighted by Gasteiger charge is -2.13. The summed E-state index contributed by atoms with van der Waals surface area (Å²) >= 11 is 6.50. The molecule has 12 nitrogen and oxygen atoms in total. The van der Waals surface area contributed by atoms with E-state index in [0.29, 0.717) is 26.7 Å². The van der Waals surface area contributed by atoms with Crippen LogP contribution in [0.5, 0.6) is 5.75 Å². The molecule has 3 heterocycles. The molecule has 0 bridgehead atoms. The van der Waals surface area contributed by atoms with Gasteiger partial charge in [-0.1, -0.05) is 5.21 Å². The predicted molar refractivity (Wildman–Crippen MR) is 117 cm³/mol. The number of aromatic hydroxyl groups is 1. The van der Waals surface area contributed by atoms with Gasteiger partial charge in [-0.25, -0.2) is 10.1 Å². The zero-order valence-corrected chi connectivity index (χ0v) is 19.2. The first-order valence-electron chi connectivity index (χ1n) is 9.20. The second-order valence-corrected chi connectivity index (χ2v) is 8.49. The van der Waals surface area contributed by atoms with E-state index in [4.69, 9.17) is 5.73 Å². The minimum absolute atomic E-state index is 0.0195. The van der Waals surface area contributed by atoms with Crippen LogP contribution < -0.4 is 11.2 Å². The van der Waals surface area contributed by atoms with Crippen molar-refractivity contribution >= 4 is 49.8 Å². The summed E-state index contributed by atoms with van der Waals surface area (Å²) in [6, 6.07) is 3.31. The number of nitrogens with zero attached hydrogens (tertiary/aromatic N) is 7. The van der Waals surface area contributed by atoms with Crippen molar-refractivity contribution in [2.45, 2.75) is 19.4 Å². The minimum Gasteiger partial charge on any atom is -0.506 e. The number of carbonyl (C=O) groups excluding carboxylic acids is 1. The van der Waals surface area contributed by atoms with Gasteiger partial charge in [-0.3, -0.25) is 9.69 Å². The van der Waals surface area contributed by atoms with Gasteiger partial charge in [-0.05, 0) is 85.8 Å². The summed E-state index contributed by atoms with van der Waals surface area (Å²) in [6.07, 6.45) is 3.63. The van der Waals surface area contributed by atoms with Crippen LogP contribution in [-0.2, 0) is 6.54 Å². The Kier molecular flexibility index (Phi) is 6.29. The molecule has 31 heavy (non-hydrogen) atoms. The number of likely N-dealkylation sites (tertiary alicyclic amines) is 1. The van der Waals surface area contributed by atoms with Crippen molar-refractivity contribution in [1.82, 2.24) is 35.6 Å². The molecule has 1 amide bonds. The molecule has 0 spiro atoms. The Bertz CT molecular complexity index is 1110. The highest BCUT2D eigenvalue weighted by Gasteiger charge is 2.26. The number of hydrogen-bond acceptors (Lipinski definition) is 10. The highest BCUT2D eigenvalue weighted by molar-refractivity contribution is 9.11. The molecule has 1 fully saturated rings. The first-order chi connectivity index (χ1) is 14.9. The van der Waals surface area contributed by atoms with Gasteiger partial charge >= 0.3 is 0 Å². The van der Waals surface area contributed by atoms with Gasteiger partial charge in [-0.15, -0.1) is 5.10 Å². The van der Waals surface area contributed by atoms with Crippen LogP contribution in [0.25, 0.3) is 5.82 Å². The Labute approximate surface area is 192 Å². The second kappa shape index (κ2) is 9.11. The number of phenolic OH excluding ortho intramolecular Hbond substituents is 1. The topological polar surface area (TPSA) is 161 Å². The number of hydrogen-bond donors (Lipinski definition) is 3. The van der Waals surface area contributed by atoms with E-state index >= 15 is 0 Å². The maximum atomic E-state index is 13.0. The summed E-state index contributed by atoms with van der Waals surface area (Å²) in [7, 11) is 0. The molecule has 0 atom stereocenters. The molecule has 14 heteroatoms. The summed E-state index contributed by atoms with van der Waals surface area (Å²) in [6.45, 7) is 2.30. The largest absolute Gasteiger partial charge is 0.506 e. The molecule has 1 saturated heterocycles. The molecule has 4 N–H and O–H groups in total. The van der Waals surface area contributed by atoms with Crippen molar-refractivity contribution < 1.29 is 14.5 Å². The molecular weight excluding hydrogens is 538 g/mol. The van der Waals surface area contributed by atoms with Gasteiger partial charge in [0.1, 0.15) is 11.4 Å². The number of nitrogens with one attached hydrogen (secondary N) is 1. The smallest absolute Gasteiger partial charge is 0.292 e. The lowest BCUT2D eigenvalue weighted by molar-refractivity contribution is 0.0945. The number of hydrazone groups is 1. The van der Waals surface area contributed by atoms with Crippen molar-refractivity contribution in [2.75, 3.05) is 18.8 Å². The molecule has 1 aromatic carbocycles. The van der Waals surface area contributed by atoms with Crippen LogP contribution in [0.15, 0.2) is 30.8 Å². The number of carbonyl (C=O) groups is 1. The van der Waals surface area contributed by atoms with Gasteiger partial charge in [0.2, 0.25) is 11.6 Å². The average molecular weight is 555 g/mol. The van der Waals surface area contributed by atoms with Crippen molar-refractivity contribution in [3.63, 3.8) is 0 Å². The molecule has 3 aromatic rings. The van der Waals surface area contributed by atoms with E-state index in [1.807, 2.05) is 0 Å². The van der Waals surface area contributed by atoms with E-state index in [2.05, 4.69) is 72.5 Å². The zero-order chi connectivity index (χ0) is 22.0. The second-order valence-electron chi connectivity index (χ2n) is 6.79. The van der Waals surface area contributed by atoms with Crippen molar-refractivity contribution in [3.05, 3.63) is 38.0 Å². The quantitative estimate of drug-likeness (QED) is 0.305. The van der Waals surface area contributed by atoms with Crippen LogP contribution in [0, 0.1) is 0 Å². The number of aromatic nitrogens is 5. The molecular formula is C17H17Br2N9O3. The summed E-state index contributed by atoms with van der Waals surface area (Å²) in [4.78, 5) is 15.2. The van der Waals surface area contributed by atoms with Crippen molar-refractivity contribution in [3.8, 4) is 11.6 Å². The number of rotatable bonds is 6. The lowest BCUT2D eigenvalue weighted by Crippen LogP contribution is -2.26. The first kappa shape index (κ1) is 21.4. The van der Waals surface area contributed by atoms with Gasteiger partial charge in [0.25, 0.3) is 5.91 Å². The predicted octanol–water partition coefficient (Wildman–Crippen LogP) is 1.82. The van der Waals surface area contributed by atoms with E-state index < -0.39 is 5.91 Å². The third-order valence-corrected chi connectivity index (χ3v) is 5.85. The van der Waals surface area contributed by atoms with Crippen LogP contribution in [0.3, 0.4) is 0 Å². The number of nitrogens with two attached hydrogens (primary N) is 1. The summed E-state index contributed by atoms with van der Waals surface area (Å²) in [5, 5.41) is 29.2. The maximum absolute atomic E-state index is 13.0. The fourth-order valence-electron chi connectivity index (χ4n) is 3.16. The van der Waals surface area contributed by atoms with E-state index in [1.165, 1.54) is 10.9 Å². The summed E-state index contributed by atoms with van der Waals surface area (Å²) in [5.41, 5.74) is 9.49. The fraction of sp³-hybridized carbons (Fsp3) is 0.294. The van der Waals surface area contributed by atoms with Gasteiger partial charge in [0, 0.05) is 6.54 Å². The number of halogens is 2. The van der Waals surface area contributed by atoms with Crippen LogP contribution in [-0.4, -0.2) is 60.5 Å². The Morgan fingerprint density at radius 1 is 1.29 bits per heavy atom. The minimum atomic E-state index is -0.547. The van der Waals surface area contributed by atoms with Gasteiger partial charge in [0.15, 0.2) is 5.69 Å². The van der Waals surface area contributed by atoms with Crippen molar-refractivity contribution in [1.29, 1.82) is 0 Å². The van der Waals surface area contributed by atoms with E-state index in [0.717, 1.165) is 25.9 Å². The van der Waals surface area contributed by atoms with Gasteiger partial charge < -0.3 is 10.8 Å². The molecule has 0 radical (unpaired) electrons. The monoisotopic (exact) mass is 553 g/mol. The third kappa shape index (κ3) is 4.60. The average Bonchev–Trinajstić information content (AvgIpc) is 3.47. The third-order valence-electron chi connectivity index (χ3n) is 4.64. The van der Waals surface area contributed by atoms with Gasteiger partial charge in [0.05, 0.1) is 15.2 Å². The molecule has 1 aliphatic rings. The van der Waals surface area contributed by atoms with Crippen LogP contribution >= 0.6 is 31.9 Å². The number of phenols is 1. The Morgan fingerprint density at radius 2 is 2.00 bits per heavy atom. The molecule has 0 aliphatic carbocycles. The number of amides is 1. The Balaban J connectivity index is 1.59. The van der Waals surface area contributed by atoms with E-state index in [-0.39, 0.29) is 23.1 Å². The zero-order valence-electron chi connectivity index (χ0n) is 16.0. The number of anilines is 1. The fourth-order valence-corrected chi connectivity index (χ4v) is 4.39. The standard InChI is InChI=1S/C17H17Br2N9O3/c18-10-5-9(6-11(19)14(10)29)7-21-23-17(30)13-12(8-27-3-1-2-4-27)22-26-28(13)16-15(20)24-31-25-16/h5-7,29H,1-4,8H2,(H2,20,24)(H,23,30).